The Morgan fingerprint density at radius 3 is 2.63 bits per heavy atom. The minimum atomic E-state index is -0.875. The highest BCUT2D eigenvalue weighted by Gasteiger charge is 2.48. The fourth-order valence-corrected chi connectivity index (χ4v) is 3.36. The highest BCUT2D eigenvalue weighted by molar-refractivity contribution is 6.07. The van der Waals surface area contributed by atoms with Gasteiger partial charge < -0.3 is 14.7 Å². The van der Waals surface area contributed by atoms with E-state index in [0.29, 0.717) is 44.1 Å². The third kappa shape index (κ3) is 3.37. The van der Waals surface area contributed by atoms with E-state index >= 15 is 0 Å². The van der Waals surface area contributed by atoms with Crippen molar-refractivity contribution in [3.05, 3.63) is 30.4 Å². The van der Waals surface area contributed by atoms with E-state index in [1.165, 1.54) is 0 Å². The topological polar surface area (TPSA) is 130 Å². The first-order valence-electron chi connectivity index (χ1n) is 8.70. The number of urea groups is 1. The summed E-state index contributed by atoms with van der Waals surface area (Å²) < 4.78 is 5.21. The van der Waals surface area contributed by atoms with Crippen LogP contribution in [0.1, 0.15) is 25.2 Å². The summed E-state index contributed by atoms with van der Waals surface area (Å²) in [6.45, 7) is 0.831. The Bertz CT molecular complexity index is 873. The first-order valence-corrected chi connectivity index (χ1v) is 8.70. The molecule has 1 spiro atoms. The number of imide groups is 1. The van der Waals surface area contributed by atoms with Crippen LogP contribution < -0.4 is 10.6 Å². The number of likely N-dealkylation sites (tertiary alicyclic amines) is 1. The number of carbonyl (C=O) groups excluding carboxylic acids is 3. The van der Waals surface area contributed by atoms with Gasteiger partial charge in [0, 0.05) is 43.9 Å². The van der Waals surface area contributed by atoms with Gasteiger partial charge in [-0.2, -0.15) is 4.98 Å². The van der Waals surface area contributed by atoms with Crippen LogP contribution in [0.5, 0.6) is 0 Å². The van der Waals surface area contributed by atoms with Crippen molar-refractivity contribution in [3.8, 4) is 11.4 Å². The molecule has 4 amide bonds. The van der Waals surface area contributed by atoms with Crippen LogP contribution in [0, 0.1) is 0 Å². The zero-order valence-electron chi connectivity index (χ0n) is 14.5. The molecule has 0 saturated carbocycles. The third-order valence-corrected chi connectivity index (χ3v) is 4.94. The Morgan fingerprint density at radius 2 is 1.96 bits per heavy atom. The van der Waals surface area contributed by atoms with Crippen molar-refractivity contribution in [2.24, 2.45) is 0 Å². The van der Waals surface area contributed by atoms with E-state index in [1.807, 2.05) is 0 Å². The number of nitrogens with one attached hydrogen (secondary N) is 2. The first-order chi connectivity index (χ1) is 13.1. The lowest BCUT2D eigenvalue weighted by Gasteiger charge is -2.37. The minimum absolute atomic E-state index is 0.0433. The number of hydrogen-bond donors (Lipinski definition) is 2. The molecule has 27 heavy (non-hydrogen) atoms. The molecule has 4 heterocycles. The standard InChI is InChI=1S/C17H18N6O4/c24-13(23-9-5-17(6-10-23)15(25)20-16(26)21-17)2-1-12-19-14(22-27-12)11-3-7-18-8-4-11/h3-4,7-8H,1-2,5-6,9-10H2,(H2,20,21,25,26). The monoisotopic (exact) mass is 370 g/mol. The molecular formula is C17H18N6O4. The molecule has 0 radical (unpaired) electrons. The van der Waals surface area contributed by atoms with Crippen LogP contribution in [-0.2, 0) is 16.0 Å². The van der Waals surface area contributed by atoms with Gasteiger partial charge >= 0.3 is 6.03 Å². The van der Waals surface area contributed by atoms with Crippen molar-refractivity contribution in [2.75, 3.05) is 13.1 Å². The molecule has 2 aromatic rings. The Kier molecular flexibility index (Phi) is 4.30. The number of hydrogen-bond acceptors (Lipinski definition) is 7. The molecular weight excluding hydrogens is 352 g/mol. The van der Waals surface area contributed by atoms with Gasteiger partial charge in [0.05, 0.1) is 0 Å². The molecule has 10 heteroatoms. The predicted molar refractivity (Wildman–Crippen MR) is 91.1 cm³/mol. The first kappa shape index (κ1) is 17.1. The number of amides is 4. The van der Waals surface area contributed by atoms with Gasteiger partial charge in [0.2, 0.25) is 17.6 Å². The van der Waals surface area contributed by atoms with Crippen molar-refractivity contribution < 1.29 is 18.9 Å². The van der Waals surface area contributed by atoms with Gasteiger partial charge in [-0.3, -0.25) is 19.9 Å². The second-order valence-electron chi connectivity index (χ2n) is 6.62. The van der Waals surface area contributed by atoms with Crippen LogP contribution >= 0.6 is 0 Å². The summed E-state index contributed by atoms with van der Waals surface area (Å²) in [5, 5.41) is 8.86. The summed E-state index contributed by atoms with van der Waals surface area (Å²) in [4.78, 5) is 45.7. The van der Waals surface area contributed by atoms with E-state index in [9.17, 15) is 14.4 Å². The van der Waals surface area contributed by atoms with Crippen LogP contribution in [0.2, 0.25) is 0 Å². The average Bonchev–Trinajstić information content (AvgIpc) is 3.26. The normalized spacial score (nSPS) is 18.4. The van der Waals surface area contributed by atoms with E-state index in [2.05, 4.69) is 25.8 Å². The summed E-state index contributed by atoms with van der Waals surface area (Å²) in [7, 11) is 0. The second kappa shape index (κ2) is 6.78. The molecule has 0 aliphatic carbocycles. The maximum absolute atomic E-state index is 12.4. The van der Waals surface area contributed by atoms with Crippen LogP contribution in [0.25, 0.3) is 11.4 Å². The van der Waals surface area contributed by atoms with Gasteiger partial charge in [-0.1, -0.05) is 5.16 Å². The van der Waals surface area contributed by atoms with Crippen molar-refractivity contribution in [1.29, 1.82) is 0 Å². The van der Waals surface area contributed by atoms with E-state index in [0.717, 1.165) is 5.56 Å². The fraction of sp³-hybridized carbons (Fsp3) is 0.412. The van der Waals surface area contributed by atoms with Gasteiger partial charge in [0.25, 0.3) is 5.91 Å². The van der Waals surface area contributed by atoms with Crippen molar-refractivity contribution in [1.82, 2.24) is 30.7 Å². The highest BCUT2D eigenvalue weighted by Crippen LogP contribution is 2.26. The number of nitrogens with zero attached hydrogens (tertiary/aromatic N) is 4. The molecule has 140 valence electrons. The lowest BCUT2D eigenvalue weighted by molar-refractivity contribution is -0.135. The Morgan fingerprint density at radius 1 is 1.22 bits per heavy atom. The second-order valence-corrected chi connectivity index (χ2v) is 6.62. The van der Waals surface area contributed by atoms with E-state index in [4.69, 9.17) is 4.52 Å². The van der Waals surface area contributed by atoms with Gasteiger partial charge in [-0.15, -0.1) is 0 Å². The van der Waals surface area contributed by atoms with E-state index < -0.39 is 11.6 Å². The quantitative estimate of drug-likeness (QED) is 0.739. The number of pyridine rings is 1. The number of aryl methyl sites for hydroxylation is 1. The highest BCUT2D eigenvalue weighted by atomic mass is 16.5. The summed E-state index contributed by atoms with van der Waals surface area (Å²) in [6.07, 6.45) is 4.68. The lowest BCUT2D eigenvalue weighted by atomic mass is 9.87. The van der Waals surface area contributed by atoms with Crippen LogP contribution in [-0.4, -0.2) is 56.5 Å². The predicted octanol–water partition coefficient (Wildman–Crippen LogP) is 0.265. The zero-order chi connectivity index (χ0) is 18.9. The smallest absolute Gasteiger partial charge is 0.322 e. The van der Waals surface area contributed by atoms with E-state index in [-0.39, 0.29) is 18.2 Å². The molecule has 2 saturated heterocycles. The third-order valence-electron chi connectivity index (χ3n) is 4.94. The van der Waals surface area contributed by atoms with Gasteiger partial charge in [-0.25, -0.2) is 4.79 Å². The molecule has 10 nitrogen and oxygen atoms in total. The van der Waals surface area contributed by atoms with Gasteiger partial charge in [-0.05, 0) is 25.0 Å². The molecule has 2 N–H and O–H groups in total. The maximum Gasteiger partial charge on any atom is 0.322 e. The van der Waals surface area contributed by atoms with Gasteiger partial charge in [0.1, 0.15) is 5.54 Å². The fourth-order valence-electron chi connectivity index (χ4n) is 3.36. The maximum atomic E-state index is 12.4. The summed E-state index contributed by atoms with van der Waals surface area (Å²) in [5.74, 6) is 0.501. The molecule has 4 rings (SSSR count). The molecule has 0 aromatic carbocycles. The molecule has 0 unspecified atom stereocenters. The molecule has 0 atom stereocenters. The van der Waals surface area contributed by atoms with Gasteiger partial charge in [0.15, 0.2) is 0 Å². The molecule has 2 aliphatic heterocycles. The lowest BCUT2D eigenvalue weighted by Crippen LogP contribution is -2.55. The molecule has 2 aromatic heterocycles. The minimum Gasteiger partial charge on any atom is -0.342 e. The summed E-state index contributed by atoms with van der Waals surface area (Å²) in [6, 6.07) is 3.09. The van der Waals surface area contributed by atoms with Crippen LogP contribution in [0.15, 0.2) is 29.0 Å². The SMILES string of the molecule is O=C1NC(=O)C2(CCN(C(=O)CCc3nc(-c4ccncc4)no3)CC2)N1. The Balaban J connectivity index is 1.30. The molecule has 2 fully saturated rings. The Labute approximate surface area is 154 Å². The van der Waals surface area contributed by atoms with Crippen molar-refractivity contribution >= 4 is 17.8 Å². The zero-order valence-corrected chi connectivity index (χ0v) is 14.5. The number of rotatable bonds is 4. The molecule has 0 bridgehead atoms. The summed E-state index contributed by atoms with van der Waals surface area (Å²) >= 11 is 0. The summed E-state index contributed by atoms with van der Waals surface area (Å²) in [5.41, 5.74) is -0.0793. The number of piperidine rings is 1. The van der Waals surface area contributed by atoms with Crippen molar-refractivity contribution in [3.63, 3.8) is 0 Å². The number of carbonyl (C=O) groups is 3. The Hall–Kier alpha value is -3.30. The van der Waals surface area contributed by atoms with Crippen LogP contribution in [0.4, 0.5) is 4.79 Å². The van der Waals surface area contributed by atoms with E-state index in [1.54, 1.807) is 29.4 Å². The van der Waals surface area contributed by atoms with Crippen LogP contribution in [0.3, 0.4) is 0 Å². The van der Waals surface area contributed by atoms with Crippen molar-refractivity contribution in [2.45, 2.75) is 31.2 Å². The molecule has 2 aliphatic rings. The largest absolute Gasteiger partial charge is 0.342 e. The number of aromatic nitrogens is 3. The average molecular weight is 370 g/mol.